The van der Waals surface area contributed by atoms with E-state index in [0.29, 0.717) is 6.54 Å². The van der Waals surface area contributed by atoms with Crippen LogP contribution in [0.2, 0.25) is 5.02 Å². The van der Waals surface area contributed by atoms with E-state index >= 15 is 0 Å². The molecule has 4 fully saturated rings. The first-order valence-corrected chi connectivity index (χ1v) is 8.24. The van der Waals surface area contributed by atoms with Crippen molar-refractivity contribution in [2.45, 2.75) is 30.3 Å². The van der Waals surface area contributed by atoms with Crippen LogP contribution in [-0.2, 0) is 4.79 Å². The van der Waals surface area contributed by atoms with Crippen LogP contribution in [0.4, 0.5) is 9.18 Å². The van der Waals surface area contributed by atoms with E-state index in [1.807, 2.05) is 4.90 Å². The van der Waals surface area contributed by atoms with Crippen molar-refractivity contribution in [1.82, 2.24) is 15.5 Å². The van der Waals surface area contributed by atoms with Gasteiger partial charge in [0.1, 0.15) is 11.6 Å². The molecule has 4 aliphatic rings. The number of hydrogen-bond donors (Lipinski definition) is 2. The van der Waals surface area contributed by atoms with Gasteiger partial charge in [0.25, 0.3) is 5.91 Å². The molecule has 3 saturated carbocycles. The largest absolute Gasteiger partial charge is 0.484 e. The van der Waals surface area contributed by atoms with Crippen LogP contribution in [-0.4, -0.2) is 47.6 Å². The van der Waals surface area contributed by atoms with Crippen molar-refractivity contribution in [3.05, 3.63) is 29.0 Å². The number of rotatable bonds is 5. The summed E-state index contributed by atoms with van der Waals surface area (Å²) in [5, 5.41) is 5.80. The summed E-state index contributed by atoms with van der Waals surface area (Å²) in [5.74, 6) is -0.570. The lowest BCUT2D eigenvalue weighted by molar-refractivity contribution is -0.165. The first-order chi connectivity index (χ1) is 11.4. The monoisotopic (exact) mass is 353 g/mol. The third-order valence-corrected chi connectivity index (χ3v) is 5.40. The number of benzene rings is 1. The predicted molar refractivity (Wildman–Crippen MR) is 84.5 cm³/mol. The van der Waals surface area contributed by atoms with Gasteiger partial charge in [-0.3, -0.25) is 4.79 Å². The molecule has 0 unspecified atom stereocenters. The zero-order valence-corrected chi connectivity index (χ0v) is 13.7. The maximum atomic E-state index is 13.3. The average Bonchev–Trinajstić information content (AvgIpc) is 2.89. The molecule has 0 aromatic heterocycles. The molecule has 1 saturated heterocycles. The molecule has 3 aliphatic carbocycles. The van der Waals surface area contributed by atoms with E-state index < -0.39 is 5.82 Å². The standard InChI is InChI=1S/C16H17ClFN3O3/c17-11-2-1-10(5-12(11)18)24-6-13(22)20-15-7-16(8-15,9-15)21-4-3-19-14(21)23/h1-2,5H,3-4,6-9H2,(H,19,23)(H,20,22). The molecule has 0 radical (unpaired) electrons. The molecule has 128 valence electrons. The topological polar surface area (TPSA) is 70.7 Å². The Hall–Kier alpha value is -2.02. The summed E-state index contributed by atoms with van der Waals surface area (Å²) < 4.78 is 18.6. The third kappa shape index (κ3) is 2.38. The predicted octanol–water partition coefficient (Wildman–Crippen LogP) is 1.67. The smallest absolute Gasteiger partial charge is 0.317 e. The molecule has 3 amide bonds. The van der Waals surface area contributed by atoms with E-state index in [-0.39, 0.29) is 40.4 Å². The quantitative estimate of drug-likeness (QED) is 0.846. The lowest BCUT2D eigenvalue weighted by Gasteiger charge is -2.72. The fourth-order valence-corrected chi connectivity index (χ4v) is 4.24. The molecule has 1 aliphatic heterocycles. The van der Waals surface area contributed by atoms with E-state index in [2.05, 4.69) is 10.6 Å². The van der Waals surface area contributed by atoms with Gasteiger partial charge in [0.2, 0.25) is 0 Å². The van der Waals surface area contributed by atoms with Gasteiger partial charge in [0.05, 0.1) is 10.6 Å². The van der Waals surface area contributed by atoms with Crippen molar-refractivity contribution < 1.29 is 18.7 Å². The molecule has 0 atom stereocenters. The van der Waals surface area contributed by atoms with Crippen molar-refractivity contribution in [1.29, 1.82) is 0 Å². The van der Waals surface area contributed by atoms with Crippen molar-refractivity contribution in [3.8, 4) is 5.75 Å². The zero-order chi connectivity index (χ0) is 16.9. The highest BCUT2D eigenvalue weighted by Gasteiger charge is 2.72. The molecule has 1 aromatic carbocycles. The van der Waals surface area contributed by atoms with Crippen LogP contribution < -0.4 is 15.4 Å². The molecule has 0 spiro atoms. The second-order valence-electron chi connectivity index (χ2n) is 6.83. The number of nitrogens with zero attached hydrogens (tertiary/aromatic N) is 1. The molecule has 2 bridgehead atoms. The number of carbonyl (C=O) groups is 2. The highest BCUT2D eigenvalue weighted by molar-refractivity contribution is 6.30. The van der Waals surface area contributed by atoms with Crippen molar-refractivity contribution >= 4 is 23.5 Å². The molecule has 1 aromatic rings. The molecule has 5 rings (SSSR count). The summed E-state index contributed by atoms with van der Waals surface area (Å²) in [7, 11) is 0. The first kappa shape index (κ1) is 15.5. The minimum atomic E-state index is -0.583. The van der Waals surface area contributed by atoms with Crippen molar-refractivity contribution in [2.75, 3.05) is 19.7 Å². The molecule has 6 nitrogen and oxygen atoms in total. The number of nitrogens with one attached hydrogen (secondary N) is 2. The van der Waals surface area contributed by atoms with E-state index in [1.54, 1.807) is 0 Å². The van der Waals surface area contributed by atoms with Gasteiger partial charge >= 0.3 is 6.03 Å². The van der Waals surface area contributed by atoms with Crippen LogP contribution in [0.15, 0.2) is 18.2 Å². The highest BCUT2D eigenvalue weighted by Crippen LogP contribution is 2.63. The van der Waals surface area contributed by atoms with E-state index in [9.17, 15) is 14.0 Å². The SMILES string of the molecule is O=C(COc1ccc(Cl)c(F)c1)NC12CC(N3CCNC3=O)(C1)C2. The Labute approximate surface area is 143 Å². The molecule has 8 heteroatoms. The lowest BCUT2D eigenvalue weighted by atomic mass is 9.43. The summed E-state index contributed by atoms with van der Waals surface area (Å²) in [4.78, 5) is 25.7. The van der Waals surface area contributed by atoms with Gasteiger partial charge in [-0.1, -0.05) is 11.6 Å². The van der Waals surface area contributed by atoms with Crippen LogP contribution in [0.5, 0.6) is 5.75 Å². The summed E-state index contributed by atoms with van der Waals surface area (Å²) in [6.07, 6.45) is 2.36. The van der Waals surface area contributed by atoms with Crippen LogP contribution in [0, 0.1) is 5.82 Å². The van der Waals surface area contributed by atoms with Crippen LogP contribution in [0.3, 0.4) is 0 Å². The van der Waals surface area contributed by atoms with E-state index in [0.717, 1.165) is 31.9 Å². The maximum absolute atomic E-state index is 13.3. The molecule has 2 N–H and O–H groups in total. The Balaban J connectivity index is 1.26. The Morgan fingerprint density at radius 2 is 2.17 bits per heavy atom. The van der Waals surface area contributed by atoms with Crippen LogP contribution in [0.1, 0.15) is 19.3 Å². The van der Waals surface area contributed by atoms with Crippen LogP contribution >= 0.6 is 11.6 Å². The van der Waals surface area contributed by atoms with Crippen molar-refractivity contribution in [3.63, 3.8) is 0 Å². The second-order valence-corrected chi connectivity index (χ2v) is 7.24. The Kier molecular flexibility index (Phi) is 3.38. The van der Waals surface area contributed by atoms with Crippen molar-refractivity contribution in [2.24, 2.45) is 0 Å². The summed E-state index contributed by atoms with van der Waals surface area (Å²) in [6.45, 7) is 1.24. The van der Waals surface area contributed by atoms with Crippen LogP contribution in [0.25, 0.3) is 0 Å². The number of hydrogen-bond acceptors (Lipinski definition) is 3. The van der Waals surface area contributed by atoms with Gasteiger partial charge in [-0.05, 0) is 31.4 Å². The second kappa shape index (κ2) is 5.24. The summed E-state index contributed by atoms with van der Waals surface area (Å²) >= 11 is 5.60. The van der Waals surface area contributed by atoms with Gasteiger partial charge in [-0.2, -0.15) is 0 Å². The van der Waals surface area contributed by atoms with Gasteiger partial charge < -0.3 is 20.3 Å². The van der Waals surface area contributed by atoms with Gasteiger partial charge in [-0.15, -0.1) is 0 Å². The summed E-state index contributed by atoms with van der Waals surface area (Å²) in [5.41, 5.74) is -0.289. The lowest BCUT2D eigenvalue weighted by Crippen LogP contribution is -2.84. The summed E-state index contributed by atoms with van der Waals surface area (Å²) in [6, 6.07) is 4.04. The fraction of sp³-hybridized carbons (Fsp3) is 0.500. The Morgan fingerprint density at radius 3 is 2.79 bits per heavy atom. The molecule has 24 heavy (non-hydrogen) atoms. The number of amides is 3. The fourth-order valence-electron chi connectivity index (χ4n) is 4.12. The minimum absolute atomic E-state index is 0.0110. The first-order valence-electron chi connectivity index (χ1n) is 7.86. The Morgan fingerprint density at radius 1 is 1.42 bits per heavy atom. The maximum Gasteiger partial charge on any atom is 0.317 e. The number of ether oxygens (including phenoxy) is 1. The molecular formula is C16H17ClFN3O3. The number of halogens is 2. The van der Waals surface area contributed by atoms with E-state index in [1.165, 1.54) is 12.1 Å². The number of urea groups is 1. The van der Waals surface area contributed by atoms with E-state index in [4.69, 9.17) is 16.3 Å². The zero-order valence-electron chi connectivity index (χ0n) is 12.9. The normalized spacial score (nSPS) is 30.2. The Bertz CT molecular complexity index is 707. The van der Waals surface area contributed by atoms with Gasteiger partial charge in [0.15, 0.2) is 6.61 Å². The van der Waals surface area contributed by atoms with Gasteiger partial charge in [-0.25, -0.2) is 9.18 Å². The number of carbonyl (C=O) groups excluding carboxylic acids is 2. The molecular weight excluding hydrogens is 337 g/mol. The van der Waals surface area contributed by atoms with Gasteiger partial charge in [0, 0.05) is 24.7 Å². The average molecular weight is 354 g/mol. The minimum Gasteiger partial charge on any atom is -0.484 e. The third-order valence-electron chi connectivity index (χ3n) is 5.10. The molecule has 1 heterocycles. The highest BCUT2D eigenvalue weighted by atomic mass is 35.5.